The first-order chi connectivity index (χ1) is 30.1. The number of esters is 1. The molecule has 12 nitrogen and oxygen atoms in total. The van der Waals surface area contributed by atoms with Crippen LogP contribution >= 0.6 is 11.6 Å². The number of aliphatic hydroxyl groups is 2. The number of carbonyl (C=O) groups is 2. The van der Waals surface area contributed by atoms with Gasteiger partial charge in [0.25, 0.3) is 5.91 Å². The van der Waals surface area contributed by atoms with E-state index >= 15 is 0 Å². The molecule has 1 saturated heterocycles. The molecule has 0 radical (unpaired) electrons. The number of aromatic amines is 1. The predicted molar refractivity (Wildman–Crippen MR) is 238 cm³/mol. The summed E-state index contributed by atoms with van der Waals surface area (Å²) in [5.41, 5.74) is 1.52. The highest BCUT2D eigenvalue weighted by atomic mass is 35.5. The average Bonchev–Trinajstić information content (AvgIpc) is 3.29. The van der Waals surface area contributed by atoms with Gasteiger partial charge in [0.1, 0.15) is 11.5 Å². The van der Waals surface area contributed by atoms with Gasteiger partial charge in [-0.05, 0) is 96.9 Å². The fourth-order valence-electron chi connectivity index (χ4n) is 7.77. The van der Waals surface area contributed by atoms with E-state index in [1.54, 1.807) is 78.9 Å². The number of aromatic nitrogens is 1. The van der Waals surface area contributed by atoms with Gasteiger partial charge in [-0.25, -0.2) is 4.79 Å². The second-order valence-corrected chi connectivity index (χ2v) is 16.0. The van der Waals surface area contributed by atoms with Crippen molar-refractivity contribution >= 4 is 34.4 Å². The lowest BCUT2D eigenvalue weighted by Gasteiger charge is -2.33. The fourth-order valence-corrected chi connectivity index (χ4v) is 8.06. The van der Waals surface area contributed by atoms with Crippen LogP contribution in [0.25, 0.3) is 10.9 Å². The number of aliphatic hydroxyl groups excluding tert-OH is 1. The van der Waals surface area contributed by atoms with Gasteiger partial charge in [0.15, 0.2) is 0 Å². The number of amides is 1. The second-order valence-electron chi connectivity index (χ2n) is 15.6. The van der Waals surface area contributed by atoms with Crippen LogP contribution in [-0.4, -0.2) is 76.5 Å². The Labute approximate surface area is 365 Å². The lowest BCUT2D eigenvalue weighted by Crippen LogP contribution is -2.40. The Morgan fingerprint density at radius 2 is 1.61 bits per heavy atom. The minimum absolute atomic E-state index is 0.0812. The molecule has 6 N–H and O–H groups in total. The summed E-state index contributed by atoms with van der Waals surface area (Å²) in [4.78, 5) is 43.6. The van der Waals surface area contributed by atoms with Crippen molar-refractivity contribution < 1.29 is 34.4 Å². The highest BCUT2D eigenvalue weighted by molar-refractivity contribution is 6.33. The molecule has 0 aliphatic carbocycles. The number of H-pyrrole nitrogens is 1. The number of phenols is 1. The van der Waals surface area contributed by atoms with Crippen LogP contribution in [0.1, 0.15) is 63.5 Å². The number of halogens is 1. The number of nitrogens with zero attached hydrogens (tertiary/aromatic N) is 1. The van der Waals surface area contributed by atoms with Crippen molar-refractivity contribution in [2.75, 3.05) is 39.4 Å². The predicted octanol–water partition coefficient (Wildman–Crippen LogP) is 6.60. The molecule has 7 rings (SSSR count). The summed E-state index contributed by atoms with van der Waals surface area (Å²) < 4.78 is 11.9. The van der Waals surface area contributed by atoms with Gasteiger partial charge in [-0.15, -0.1) is 0 Å². The summed E-state index contributed by atoms with van der Waals surface area (Å²) in [6.07, 6.45) is 1.34. The first-order valence-corrected chi connectivity index (χ1v) is 21.2. The Bertz CT molecular complexity index is 2510. The summed E-state index contributed by atoms with van der Waals surface area (Å²) in [5.74, 6) is -0.510. The van der Waals surface area contributed by atoms with Crippen molar-refractivity contribution in [2.24, 2.45) is 5.92 Å². The van der Waals surface area contributed by atoms with Crippen molar-refractivity contribution in [3.8, 4) is 11.5 Å². The number of aromatic hydroxyl groups is 1. The van der Waals surface area contributed by atoms with E-state index < -0.39 is 17.7 Å². The van der Waals surface area contributed by atoms with E-state index in [1.165, 1.54) is 17.7 Å². The number of fused-ring (bicyclic) bond motifs is 1. The Morgan fingerprint density at radius 1 is 0.871 bits per heavy atom. The molecule has 0 spiro atoms. The lowest BCUT2D eigenvalue weighted by atomic mass is 9.86. The monoisotopic (exact) mass is 858 g/mol. The van der Waals surface area contributed by atoms with Crippen molar-refractivity contribution in [3.63, 3.8) is 0 Å². The molecule has 13 heteroatoms. The topological polar surface area (TPSA) is 173 Å². The number of benzene rings is 5. The standard InChI is InChI=1S/C49H51ClN4O8/c50-42-27-35(29-51-30-44(56)39-17-19-43(55)46-40(39)18-20-45(57)53-46)15-16-41(42)47(58)52-23-8-26-61-38-14-7-13-37(28-38)49(60,36-11-5-2-6-12-36)48(59)62-32-34-21-24-54(25-22-34)31-33-9-3-1-4-10-33/h1-7,9-20,27-28,34,44,51,55-56,60H,8,21-26,29-32H2,(H,52,58)(H,53,57)/t44-,49?/m0/s1. The highest BCUT2D eigenvalue weighted by Gasteiger charge is 2.42. The molecule has 1 fully saturated rings. The molecule has 1 aromatic heterocycles. The molecule has 1 amide bonds. The number of nitrogens with one attached hydrogen (secondary N) is 3. The molecule has 1 aliphatic rings. The van der Waals surface area contributed by atoms with Crippen molar-refractivity contribution in [2.45, 2.75) is 44.1 Å². The van der Waals surface area contributed by atoms with Crippen LogP contribution in [0.5, 0.6) is 11.5 Å². The first kappa shape index (κ1) is 44.0. The van der Waals surface area contributed by atoms with E-state index in [0.29, 0.717) is 52.9 Å². The summed E-state index contributed by atoms with van der Waals surface area (Å²) >= 11 is 6.51. The molecular formula is C49H51ClN4O8. The maximum absolute atomic E-state index is 13.8. The Morgan fingerprint density at radius 3 is 2.37 bits per heavy atom. The molecule has 1 aliphatic heterocycles. The molecule has 1 unspecified atom stereocenters. The first-order valence-electron chi connectivity index (χ1n) is 20.8. The Balaban J connectivity index is 0.869. The lowest BCUT2D eigenvalue weighted by molar-refractivity contribution is -0.164. The molecular weight excluding hydrogens is 808 g/mol. The SMILES string of the molecule is O=C(NCCCOc1cccc(C(O)(C(=O)OCC2CCN(Cc3ccccc3)CC2)c2ccccc2)c1)c1ccc(CNC[C@H](O)c2ccc(O)c3[nH]c(=O)ccc23)cc1Cl. The van der Waals surface area contributed by atoms with E-state index in [-0.39, 0.29) is 53.4 Å². The average molecular weight is 859 g/mol. The zero-order valence-corrected chi connectivity index (χ0v) is 35.0. The van der Waals surface area contributed by atoms with Gasteiger partial charge < -0.3 is 40.4 Å². The quantitative estimate of drug-likeness (QED) is 0.0409. The van der Waals surface area contributed by atoms with Crippen molar-refractivity contribution in [3.05, 3.63) is 176 Å². The van der Waals surface area contributed by atoms with Crippen molar-refractivity contribution in [1.29, 1.82) is 0 Å². The van der Waals surface area contributed by atoms with Crippen LogP contribution in [0.4, 0.5) is 0 Å². The van der Waals surface area contributed by atoms with Crippen LogP contribution < -0.4 is 20.9 Å². The second kappa shape index (κ2) is 20.7. The Hall–Kier alpha value is -6.02. The third-order valence-corrected chi connectivity index (χ3v) is 11.5. The highest BCUT2D eigenvalue weighted by Crippen LogP contribution is 2.34. The van der Waals surface area contributed by atoms with Crippen LogP contribution in [0.15, 0.2) is 132 Å². The van der Waals surface area contributed by atoms with Gasteiger partial charge >= 0.3 is 5.97 Å². The van der Waals surface area contributed by atoms with Crippen LogP contribution in [0.3, 0.4) is 0 Å². The van der Waals surface area contributed by atoms with E-state index in [0.717, 1.165) is 38.0 Å². The minimum atomic E-state index is -2.05. The zero-order chi connectivity index (χ0) is 43.5. The molecule has 322 valence electrons. The zero-order valence-electron chi connectivity index (χ0n) is 34.3. The van der Waals surface area contributed by atoms with E-state index in [4.69, 9.17) is 21.1 Å². The van der Waals surface area contributed by atoms with Gasteiger partial charge in [0.05, 0.1) is 35.4 Å². The summed E-state index contributed by atoms with van der Waals surface area (Å²) in [7, 11) is 0. The third-order valence-electron chi connectivity index (χ3n) is 11.2. The summed E-state index contributed by atoms with van der Waals surface area (Å²) in [5, 5.41) is 40.0. The number of piperidine rings is 1. The number of carbonyl (C=O) groups excluding carboxylic acids is 2. The summed E-state index contributed by atoms with van der Waals surface area (Å²) in [6.45, 7) is 4.04. The molecule has 2 heterocycles. The summed E-state index contributed by atoms with van der Waals surface area (Å²) in [6, 6.07) is 37.0. The number of ether oxygens (including phenoxy) is 2. The molecule has 62 heavy (non-hydrogen) atoms. The van der Waals surface area contributed by atoms with Crippen LogP contribution in [-0.2, 0) is 28.2 Å². The third kappa shape index (κ3) is 10.9. The minimum Gasteiger partial charge on any atom is -0.506 e. The van der Waals surface area contributed by atoms with Gasteiger partial charge in [-0.3, -0.25) is 14.5 Å². The van der Waals surface area contributed by atoms with E-state index in [9.17, 15) is 29.7 Å². The van der Waals surface area contributed by atoms with Gasteiger partial charge in [-0.1, -0.05) is 96.5 Å². The fraction of sp³-hybridized carbons (Fsp3) is 0.286. The number of hydrogen-bond donors (Lipinski definition) is 6. The van der Waals surface area contributed by atoms with E-state index in [1.807, 2.05) is 24.3 Å². The van der Waals surface area contributed by atoms with Gasteiger partial charge in [0, 0.05) is 43.2 Å². The van der Waals surface area contributed by atoms with E-state index in [2.05, 4.69) is 32.7 Å². The normalized spacial score (nSPS) is 14.8. The largest absolute Gasteiger partial charge is 0.506 e. The Kier molecular flexibility index (Phi) is 14.7. The van der Waals surface area contributed by atoms with Gasteiger partial charge in [-0.2, -0.15) is 0 Å². The molecule has 0 bridgehead atoms. The maximum Gasteiger partial charge on any atom is 0.347 e. The number of phenolic OH excluding ortho intramolecular Hbond substituents is 1. The molecule has 6 aromatic rings. The molecule has 2 atom stereocenters. The van der Waals surface area contributed by atoms with Crippen LogP contribution in [0, 0.1) is 5.92 Å². The smallest absolute Gasteiger partial charge is 0.347 e. The number of likely N-dealkylation sites (tertiary alicyclic amines) is 1. The maximum atomic E-state index is 13.8. The van der Waals surface area contributed by atoms with Gasteiger partial charge in [0.2, 0.25) is 11.2 Å². The number of rotatable bonds is 18. The van der Waals surface area contributed by atoms with Crippen LogP contribution in [0.2, 0.25) is 5.02 Å². The molecule has 5 aromatic carbocycles. The number of hydrogen-bond acceptors (Lipinski definition) is 10. The molecule has 0 saturated carbocycles. The van der Waals surface area contributed by atoms with Crippen molar-refractivity contribution in [1.82, 2.24) is 20.5 Å². The number of pyridine rings is 1.